The Morgan fingerprint density at radius 3 is 1.77 bits per heavy atom. The lowest BCUT2D eigenvalue weighted by Crippen LogP contribution is -2.05. The molecular formula is C21H16O3P2. The maximum atomic E-state index is 11.1. The maximum Gasteiger partial charge on any atom is 0.346 e. The standard InChI is InChI=1S/C11H9P.C10H7O3P/c1-2-6-10(7-3-1)12-11-8-4-5-9-11;11-9-6-8(10(12)13-9)14-7-4-2-1-3-5-7/h1-9H;1-5H,6H2. The molecule has 0 saturated carbocycles. The Morgan fingerprint density at radius 2 is 1.27 bits per heavy atom. The molecule has 128 valence electrons. The van der Waals surface area contributed by atoms with E-state index in [-0.39, 0.29) is 6.42 Å². The van der Waals surface area contributed by atoms with Crippen molar-refractivity contribution in [1.82, 2.24) is 0 Å². The smallest absolute Gasteiger partial charge is 0.346 e. The lowest BCUT2D eigenvalue weighted by molar-refractivity contribution is -0.150. The second kappa shape index (κ2) is 9.20. The Bertz CT molecular complexity index is 897. The fraction of sp³-hybridized carbons (Fsp3) is 0.0476. The van der Waals surface area contributed by atoms with Crippen LogP contribution in [0, 0.1) is 0 Å². The summed E-state index contributed by atoms with van der Waals surface area (Å²) in [6.45, 7) is 0. The molecule has 2 aromatic rings. The molecule has 0 bridgehead atoms. The molecule has 1 heterocycles. The van der Waals surface area contributed by atoms with Crippen LogP contribution in [-0.2, 0) is 14.3 Å². The van der Waals surface area contributed by atoms with E-state index in [1.165, 1.54) is 18.8 Å². The largest absolute Gasteiger partial charge is 0.389 e. The summed E-state index contributed by atoms with van der Waals surface area (Å²) in [7, 11) is 2.06. The first-order chi connectivity index (χ1) is 12.7. The number of ether oxygens (including phenoxy) is 1. The number of cyclic esters (lactones) is 2. The van der Waals surface area contributed by atoms with E-state index in [9.17, 15) is 9.59 Å². The fourth-order valence-electron chi connectivity index (χ4n) is 2.24. The van der Waals surface area contributed by atoms with E-state index in [1.807, 2.05) is 36.4 Å². The SMILES string of the molecule is C1=CC(=Pc2ccccc2)C=C1.O=C1CC(=Pc2ccccc2)C(=O)O1. The van der Waals surface area contributed by atoms with E-state index >= 15 is 0 Å². The zero-order valence-corrected chi connectivity index (χ0v) is 15.7. The first-order valence-corrected chi connectivity index (χ1v) is 9.86. The van der Waals surface area contributed by atoms with Crippen molar-refractivity contribution in [2.75, 3.05) is 0 Å². The molecule has 0 amide bonds. The molecular weight excluding hydrogens is 362 g/mol. The number of esters is 2. The molecule has 1 saturated heterocycles. The molecule has 1 aliphatic heterocycles. The summed E-state index contributed by atoms with van der Waals surface area (Å²) in [5.41, 5.74) is 0. The highest BCUT2D eigenvalue weighted by Crippen LogP contribution is 2.12. The number of carbonyl (C=O) groups excluding carboxylic acids is 2. The molecule has 1 fully saturated rings. The van der Waals surface area contributed by atoms with Gasteiger partial charge in [0, 0.05) is 15.9 Å². The third kappa shape index (κ3) is 5.46. The van der Waals surface area contributed by atoms with Gasteiger partial charge in [-0.15, -0.1) is 0 Å². The van der Waals surface area contributed by atoms with Crippen LogP contribution in [0.25, 0.3) is 0 Å². The topological polar surface area (TPSA) is 43.4 Å². The van der Waals surface area contributed by atoms with Crippen molar-refractivity contribution >= 4 is 49.5 Å². The monoisotopic (exact) mass is 378 g/mol. The zero-order valence-electron chi connectivity index (χ0n) is 13.9. The van der Waals surface area contributed by atoms with Gasteiger partial charge in [0.2, 0.25) is 0 Å². The lowest BCUT2D eigenvalue weighted by atomic mass is 10.4. The van der Waals surface area contributed by atoms with Crippen molar-refractivity contribution in [3.05, 3.63) is 85.0 Å². The number of hydrogen-bond acceptors (Lipinski definition) is 3. The van der Waals surface area contributed by atoms with Gasteiger partial charge in [0.05, 0.1) is 11.7 Å². The van der Waals surface area contributed by atoms with Crippen LogP contribution in [0.15, 0.2) is 85.0 Å². The summed E-state index contributed by atoms with van der Waals surface area (Å²) >= 11 is 0. The van der Waals surface area contributed by atoms with Gasteiger partial charge < -0.3 is 4.74 Å². The summed E-state index contributed by atoms with van der Waals surface area (Å²) in [6, 6.07) is 20.0. The van der Waals surface area contributed by atoms with Crippen LogP contribution in [0.1, 0.15) is 6.42 Å². The van der Waals surface area contributed by atoms with Gasteiger partial charge in [-0.3, -0.25) is 4.79 Å². The Balaban J connectivity index is 0.000000152. The fourth-order valence-corrected chi connectivity index (χ4v) is 4.16. The quantitative estimate of drug-likeness (QED) is 0.457. The van der Waals surface area contributed by atoms with Gasteiger partial charge in [-0.25, -0.2) is 4.79 Å². The number of benzene rings is 2. The molecule has 26 heavy (non-hydrogen) atoms. The van der Waals surface area contributed by atoms with Gasteiger partial charge in [-0.05, 0) is 0 Å². The number of carbonyl (C=O) groups is 2. The molecule has 1 aliphatic carbocycles. The van der Waals surface area contributed by atoms with Gasteiger partial charge in [-0.1, -0.05) is 101 Å². The minimum atomic E-state index is -0.486. The van der Waals surface area contributed by atoms with E-state index in [4.69, 9.17) is 0 Å². The Kier molecular flexibility index (Phi) is 6.44. The lowest BCUT2D eigenvalue weighted by Gasteiger charge is -1.91. The highest BCUT2D eigenvalue weighted by molar-refractivity contribution is 7.51. The summed E-state index contributed by atoms with van der Waals surface area (Å²) in [4.78, 5) is 21.9. The molecule has 0 N–H and O–H groups in total. The first kappa shape index (κ1) is 18.2. The Morgan fingerprint density at radius 1 is 0.731 bits per heavy atom. The maximum absolute atomic E-state index is 11.1. The minimum Gasteiger partial charge on any atom is -0.389 e. The van der Waals surface area contributed by atoms with Crippen molar-refractivity contribution in [2.24, 2.45) is 0 Å². The van der Waals surface area contributed by atoms with Gasteiger partial charge in [0.15, 0.2) is 0 Å². The molecule has 4 rings (SSSR count). The zero-order chi connectivity index (χ0) is 18.2. The van der Waals surface area contributed by atoms with Crippen LogP contribution in [0.3, 0.4) is 0 Å². The van der Waals surface area contributed by atoms with Gasteiger partial charge in [0.25, 0.3) is 0 Å². The third-order valence-corrected chi connectivity index (χ3v) is 5.71. The summed E-state index contributed by atoms with van der Waals surface area (Å²) in [5.74, 6) is -0.936. The summed E-state index contributed by atoms with van der Waals surface area (Å²) in [6.07, 6.45) is 8.56. The van der Waals surface area contributed by atoms with E-state index in [2.05, 4.69) is 53.3 Å². The number of hydrogen-bond donors (Lipinski definition) is 0. The molecule has 5 heteroatoms. The minimum absolute atomic E-state index is 0.120. The molecule has 0 radical (unpaired) electrons. The molecule has 0 atom stereocenters. The van der Waals surface area contributed by atoms with Crippen LogP contribution in [0.2, 0.25) is 0 Å². The summed E-state index contributed by atoms with van der Waals surface area (Å²) < 4.78 is 4.42. The van der Waals surface area contributed by atoms with Crippen LogP contribution in [-0.4, -0.2) is 22.5 Å². The average molecular weight is 378 g/mol. The molecule has 2 aromatic carbocycles. The molecule has 0 spiro atoms. The van der Waals surface area contributed by atoms with Crippen LogP contribution < -0.4 is 10.6 Å². The predicted molar refractivity (Wildman–Crippen MR) is 110 cm³/mol. The van der Waals surface area contributed by atoms with Crippen molar-refractivity contribution in [3.63, 3.8) is 0 Å². The highest BCUT2D eigenvalue weighted by atomic mass is 31.1. The van der Waals surface area contributed by atoms with E-state index < -0.39 is 11.9 Å². The van der Waals surface area contributed by atoms with Crippen molar-refractivity contribution in [3.8, 4) is 0 Å². The van der Waals surface area contributed by atoms with Gasteiger partial charge in [-0.2, -0.15) is 0 Å². The van der Waals surface area contributed by atoms with Crippen molar-refractivity contribution in [2.45, 2.75) is 6.42 Å². The average Bonchev–Trinajstić information content (AvgIpc) is 3.27. The predicted octanol–water partition coefficient (Wildman–Crippen LogP) is 3.46. The van der Waals surface area contributed by atoms with Gasteiger partial charge >= 0.3 is 11.9 Å². The molecule has 3 nitrogen and oxygen atoms in total. The number of rotatable bonds is 2. The van der Waals surface area contributed by atoms with Crippen molar-refractivity contribution in [1.29, 1.82) is 0 Å². The van der Waals surface area contributed by atoms with Crippen LogP contribution in [0.4, 0.5) is 0 Å². The Labute approximate surface area is 155 Å². The van der Waals surface area contributed by atoms with Crippen LogP contribution in [0.5, 0.6) is 0 Å². The van der Waals surface area contributed by atoms with Crippen molar-refractivity contribution < 1.29 is 14.3 Å². The normalized spacial score (nSPS) is 16.8. The number of allylic oxidation sites excluding steroid dienone is 4. The summed E-state index contributed by atoms with van der Waals surface area (Å²) in [5, 5.41) is 4.22. The van der Waals surface area contributed by atoms with E-state index in [1.54, 1.807) is 0 Å². The molecule has 2 aliphatic rings. The van der Waals surface area contributed by atoms with E-state index in [0.717, 1.165) is 13.5 Å². The van der Waals surface area contributed by atoms with Gasteiger partial charge in [0.1, 0.15) is 0 Å². The third-order valence-electron chi connectivity index (χ3n) is 3.43. The highest BCUT2D eigenvalue weighted by Gasteiger charge is 2.27. The molecule has 0 unspecified atom stereocenters. The first-order valence-electron chi connectivity index (χ1n) is 8.07. The van der Waals surface area contributed by atoms with Crippen LogP contribution >= 0.6 is 16.4 Å². The Hall–Kier alpha value is -2.60. The van der Waals surface area contributed by atoms with E-state index in [0.29, 0.717) is 5.29 Å². The second-order valence-electron chi connectivity index (χ2n) is 5.42. The molecule has 0 aromatic heterocycles. The second-order valence-corrected chi connectivity index (χ2v) is 7.96.